The number of aromatic nitrogens is 2. The molecule has 20 heavy (non-hydrogen) atoms. The summed E-state index contributed by atoms with van der Waals surface area (Å²) in [6.45, 7) is 6.96. The molecule has 0 aliphatic carbocycles. The summed E-state index contributed by atoms with van der Waals surface area (Å²) >= 11 is 0. The molecule has 1 aromatic rings. The van der Waals surface area contributed by atoms with Crippen LogP contribution in [0.1, 0.15) is 32.9 Å². The molecule has 0 unspecified atom stereocenters. The van der Waals surface area contributed by atoms with E-state index < -0.39 is 16.4 Å². The zero-order chi connectivity index (χ0) is 15.7. The first kappa shape index (κ1) is 15.9. The number of hydrogen-bond acceptors (Lipinski definition) is 5. The Morgan fingerprint density at radius 2 is 2.10 bits per heavy atom. The standard InChI is InChI=1S/C12H20N4O4/c1-6-7-15-10(9(16(19)20)8(2)13-15)14(5)12(3,4)11(17)18/h6-7H2,1-5H3,(H,17,18). The topological polar surface area (TPSA) is 101 Å². The average molecular weight is 284 g/mol. The number of carboxylic acids is 1. The van der Waals surface area contributed by atoms with Gasteiger partial charge in [0.15, 0.2) is 0 Å². The van der Waals surface area contributed by atoms with E-state index in [4.69, 9.17) is 0 Å². The first-order valence-electron chi connectivity index (χ1n) is 6.33. The van der Waals surface area contributed by atoms with Crippen molar-refractivity contribution in [1.29, 1.82) is 0 Å². The number of rotatable bonds is 6. The Morgan fingerprint density at radius 3 is 2.50 bits per heavy atom. The molecule has 1 N–H and O–H groups in total. The Morgan fingerprint density at radius 1 is 1.55 bits per heavy atom. The van der Waals surface area contributed by atoms with Crippen LogP contribution in [0.4, 0.5) is 11.5 Å². The van der Waals surface area contributed by atoms with Crippen LogP contribution in [0.2, 0.25) is 0 Å². The Hall–Kier alpha value is -2.12. The summed E-state index contributed by atoms with van der Waals surface area (Å²) < 4.78 is 1.50. The number of carboxylic acid groups (broad SMARTS) is 1. The van der Waals surface area contributed by atoms with Gasteiger partial charge in [0.2, 0.25) is 5.82 Å². The third-order valence-electron chi connectivity index (χ3n) is 3.37. The lowest BCUT2D eigenvalue weighted by atomic mass is 10.0. The maximum absolute atomic E-state index is 11.4. The Kier molecular flexibility index (Phi) is 4.36. The molecule has 0 aromatic carbocycles. The summed E-state index contributed by atoms with van der Waals surface area (Å²) in [5.41, 5.74) is -1.13. The van der Waals surface area contributed by atoms with Crippen molar-refractivity contribution in [2.24, 2.45) is 0 Å². The van der Waals surface area contributed by atoms with Gasteiger partial charge in [-0.05, 0) is 27.2 Å². The zero-order valence-corrected chi connectivity index (χ0v) is 12.4. The molecule has 0 fully saturated rings. The van der Waals surface area contributed by atoms with E-state index in [1.54, 1.807) is 6.92 Å². The molecule has 8 nitrogen and oxygen atoms in total. The number of aryl methyl sites for hydroxylation is 2. The maximum atomic E-state index is 11.4. The molecule has 1 aromatic heterocycles. The molecule has 0 atom stereocenters. The van der Waals surface area contributed by atoms with Gasteiger partial charge in [0.25, 0.3) is 0 Å². The van der Waals surface area contributed by atoms with Crippen molar-refractivity contribution in [3.63, 3.8) is 0 Å². The van der Waals surface area contributed by atoms with Crippen molar-refractivity contribution in [1.82, 2.24) is 9.78 Å². The number of nitro groups is 1. The van der Waals surface area contributed by atoms with Gasteiger partial charge in [-0.25, -0.2) is 9.48 Å². The van der Waals surface area contributed by atoms with Gasteiger partial charge in [0.05, 0.1) is 4.92 Å². The second-order valence-electron chi connectivity index (χ2n) is 5.16. The first-order chi connectivity index (χ1) is 9.14. The Labute approximate surface area is 117 Å². The third kappa shape index (κ3) is 2.59. The quantitative estimate of drug-likeness (QED) is 0.631. The normalized spacial score (nSPS) is 11.4. The fourth-order valence-electron chi connectivity index (χ4n) is 1.88. The Bertz CT molecular complexity index is 536. The molecular weight excluding hydrogens is 264 g/mol. The number of nitrogens with zero attached hydrogens (tertiary/aromatic N) is 4. The molecule has 0 aliphatic heterocycles. The van der Waals surface area contributed by atoms with Crippen LogP contribution in [0.25, 0.3) is 0 Å². The minimum Gasteiger partial charge on any atom is -0.480 e. The zero-order valence-electron chi connectivity index (χ0n) is 12.4. The number of likely N-dealkylation sites (N-methyl/N-ethyl adjacent to an activating group) is 1. The highest BCUT2D eigenvalue weighted by Gasteiger charge is 2.39. The van der Waals surface area contributed by atoms with Crippen LogP contribution in [-0.2, 0) is 11.3 Å². The van der Waals surface area contributed by atoms with E-state index in [9.17, 15) is 20.0 Å². The molecule has 8 heteroatoms. The lowest BCUT2D eigenvalue weighted by molar-refractivity contribution is -0.384. The molecule has 0 bridgehead atoms. The molecule has 1 rings (SSSR count). The van der Waals surface area contributed by atoms with E-state index in [0.29, 0.717) is 6.54 Å². The van der Waals surface area contributed by atoms with Crippen LogP contribution in [0, 0.1) is 17.0 Å². The summed E-state index contributed by atoms with van der Waals surface area (Å²) in [5, 5.41) is 24.7. The fourth-order valence-corrected chi connectivity index (χ4v) is 1.88. The van der Waals surface area contributed by atoms with E-state index in [0.717, 1.165) is 6.42 Å². The largest absolute Gasteiger partial charge is 0.480 e. The number of aliphatic carboxylic acids is 1. The summed E-state index contributed by atoms with van der Waals surface area (Å²) in [6, 6.07) is 0. The van der Waals surface area contributed by atoms with Crippen LogP contribution >= 0.6 is 0 Å². The SMILES string of the molecule is CCCn1nc(C)c([N+](=O)[O-])c1N(C)C(C)(C)C(=O)O. The molecule has 112 valence electrons. The highest BCUT2D eigenvalue weighted by Crippen LogP contribution is 2.34. The van der Waals surface area contributed by atoms with E-state index in [-0.39, 0.29) is 17.2 Å². The smallest absolute Gasteiger partial charge is 0.333 e. The molecule has 0 amide bonds. The van der Waals surface area contributed by atoms with E-state index in [2.05, 4.69) is 5.10 Å². The van der Waals surface area contributed by atoms with Crippen LogP contribution < -0.4 is 4.90 Å². The van der Waals surface area contributed by atoms with Gasteiger partial charge in [0.1, 0.15) is 11.2 Å². The number of carbonyl (C=O) groups is 1. The van der Waals surface area contributed by atoms with Crippen LogP contribution in [0.5, 0.6) is 0 Å². The molecule has 0 saturated carbocycles. The van der Waals surface area contributed by atoms with Crippen molar-refractivity contribution >= 4 is 17.5 Å². The van der Waals surface area contributed by atoms with Crippen LogP contribution in [0.3, 0.4) is 0 Å². The molecule has 0 spiro atoms. The highest BCUT2D eigenvalue weighted by molar-refractivity contribution is 5.83. The molecule has 0 saturated heterocycles. The average Bonchev–Trinajstić information content (AvgIpc) is 2.65. The molecule has 1 heterocycles. The van der Waals surface area contributed by atoms with E-state index >= 15 is 0 Å². The molecule has 0 radical (unpaired) electrons. The second-order valence-corrected chi connectivity index (χ2v) is 5.16. The van der Waals surface area contributed by atoms with E-state index in [1.807, 2.05) is 6.92 Å². The number of hydrogen-bond donors (Lipinski definition) is 1. The van der Waals surface area contributed by atoms with Gasteiger partial charge in [-0.3, -0.25) is 10.1 Å². The van der Waals surface area contributed by atoms with Gasteiger partial charge in [-0.2, -0.15) is 5.10 Å². The lowest BCUT2D eigenvalue weighted by Crippen LogP contribution is -2.49. The van der Waals surface area contributed by atoms with Crippen molar-refractivity contribution in [3.8, 4) is 0 Å². The monoisotopic (exact) mass is 284 g/mol. The second kappa shape index (κ2) is 5.48. The number of anilines is 1. The lowest BCUT2D eigenvalue weighted by Gasteiger charge is -2.32. The Balaban J connectivity index is 3.48. The van der Waals surface area contributed by atoms with Crippen molar-refractivity contribution in [3.05, 3.63) is 15.8 Å². The predicted octanol–water partition coefficient (Wildman–Crippen LogP) is 1.81. The van der Waals surface area contributed by atoms with Gasteiger partial charge in [-0.15, -0.1) is 0 Å². The van der Waals surface area contributed by atoms with E-state index in [1.165, 1.54) is 30.5 Å². The van der Waals surface area contributed by atoms with Gasteiger partial charge in [-0.1, -0.05) is 6.92 Å². The third-order valence-corrected chi connectivity index (χ3v) is 3.37. The van der Waals surface area contributed by atoms with Crippen molar-refractivity contribution in [2.45, 2.75) is 46.2 Å². The molecular formula is C12H20N4O4. The van der Waals surface area contributed by atoms with Gasteiger partial charge in [0, 0.05) is 13.6 Å². The first-order valence-corrected chi connectivity index (χ1v) is 6.33. The molecule has 0 aliphatic rings. The maximum Gasteiger partial charge on any atom is 0.333 e. The van der Waals surface area contributed by atoms with Crippen LogP contribution in [0.15, 0.2) is 0 Å². The minimum atomic E-state index is -1.28. The highest BCUT2D eigenvalue weighted by atomic mass is 16.6. The minimum absolute atomic E-state index is 0.143. The summed E-state index contributed by atoms with van der Waals surface area (Å²) in [7, 11) is 1.53. The van der Waals surface area contributed by atoms with Crippen molar-refractivity contribution < 1.29 is 14.8 Å². The summed E-state index contributed by atoms with van der Waals surface area (Å²) in [5.74, 6) is -0.835. The van der Waals surface area contributed by atoms with Gasteiger partial charge >= 0.3 is 11.7 Å². The van der Waals surface area contributed by atoms with Gasteiger partial charge < -0.3 is 10.0 Å². The predicted molar refractivity (Wildman–Crippen MR) is 74.0 cm³/mol. The fraction of sp³-hybridized carbons (Fsp3) is 0.667. The van der Waals surface area contributed by atoms with Crippen LogP contribution in [-0.4, -0.2) is 38.4 Å². The van der Waals surface area contributed by atoms with Crippen molar-refractivity contribution in [2.75, 3.05) is 11.9 Å². The summed E-state index contributed by atoms with van der Waals surface area (Å²) in [4.78, 5) is 23.5. The summed E-state index contributed by atoms with van der Waals surface area (Å²) in [6.07, 6.45) is 0.743.